The zero-order chi connectivity index (χ0) is 27.9. The van der Waals surface area contributed by atoms with Crippen molar-refractivity contribution in [1.29, 1.82) is 5.26 Å². The van der Waals surface area contributed by atoms with Crippen LogP contribution in [0.2, 0.25) is 5.02 Å². The Bertz CT molecular complexity index is 1600. The number of carbonyl (C=O) groups is 1. The summed E-state index contributed by atoms with van der Waals surface area (Å²) in [5, 5.41) is 26.8. The van der Waals surface area contributed by atoms with E-state index in [1.165, 1.54) is 24.4 Å². The maximum atomic E-state index is 13.9. The molecule has 0 unspecified atom stereocenters. The highest BCUT2D eigenvalue weighted by Gasteiger charge is 2.15. The molecule has 0 fully saturated rings. The lowest BCUT2D eigenvalue weighted by atomic mass is 10.1. The molecule has 0 aliphatic rings. The van der Waals surface area contributed by atoms with Gasteiger partial charge in [0.25, 0.3) is 0 Å². The molecule has 0 radical (unpaired) electrons. The molecular formula is C29H25ClFN5O3. The Balaban J connectivity index is 1.60. The lowest BCUT2D eigenvalue weighted by Gasteiger charge is -2.15. The standard InChI is InChI=1S/C29H25ClFN5O3/c1-36(2)11-5-8-28(38)35-25-13-21-24(14-26(25)37)33-16-19(15-32)29(21)34-20-9-10-27(22(30)12-20)39-17-18-6-3-4-7-23(18)31/h3-10,12-14,16,37H,11,17H2,1-2H3,(H,33,34)(H,35,38)/b8-5+. The van der Waals surface area contributed by atoms with Crippen molar-refractivity contribution in [1.82, 2.24) is 9.88 Å². The molecule has 0 aliphatic heterocycles. The molecule has 3 N–H and O–H groups in total. The summed E-state index contributed by atoms with van der Waals surface area (Å²) in [5.41, 5.74) is 2.18. The number of carbonyl (C=O) groups excluding carboxylic acids is 1. The first-order valence-corrected chi connectivity index (χ1v) is 12.2. The molecule has 1 amide bonds. The van der Waals surface area contributed by atoms with Gasteiger partial charge in [0.15, 0.2) is 0 Å². The van der Waals surface area contributed by atoms with Crippen LogP contribution in [0.5, 0.6) is 11.5 Å². The van der Waals surface area contributed by atoms with Crippen LogP contribution in [0.3, 0.4) is 0 Å². The Hall–Kier alpha value is -4.65. The summed E-state index contributed by atoms with van der Waals surface area (Å²) in [6.45, 7) is 0.589. The summed E-state index contributed by atoms with van der Waals surface area (Å²) in [6, 6.07) is 16.3. The van der Waals surface area contributed by atoms with Crippen LogP contribution in [0.1, 0.15) is 11.1 Å². The van der Waals surface area contributed by atoms with E-state index in [1.54, 1.807) is 48.5 Å². The zero-order valence-electron chi connectivity index (χ0n) is 21.2. The van der Waals surface area contributed by atoms with Crippen LogP contribution in [0, 0.1) is 17.1 Å². The smallest absolute Gasteiger partial charge is 0.248 e. The maximum Gasteiger partial charge on any atom is 0.248 e. The van der Waals surface area contributed by atoms with E-state index in [0.29, 0.717) is 40.1 Å². The monoisotopic (exact) mass is 545 g/mol. The van der Waals surface area contributed by atoms with Crippen LogP contribution in [0.4, 0.5) is 21.5 Å². The molecule has 0 bridgehead atoms. The first kappa shape index (κ1) is 27.4. The summed E-state index contributed by atoms with van der Waals surface area (Å²) < 4.78 is 19.6. The van der Waals surface area contributed by atoms with Crippen LogP contribution < -0.4 is 15.4 Å². The lowest BCUT2D eigenvalue weighted by Crippen LogP contribution is -2.13. The second-order valence-corrected chi connectivity index (χ2v) is 9.26. The van der Waals surface area contributed by atoms with Gasteiger partial charge >= 0.3 is 0 Å². The van der Waals surface area contributed by atoms with Crippen molar-refractivity contribution < 1.29 is 19.0 Å². The number of nitriles is 1. The number of amides is 1. The minimum atomic E-state index is -0.414. The second kappa shape index (κ2) is 12.3. The fraction of sp³-hybridized carbons (Fsp3) is 0.138. The number of halogens is 2. The number of pyridine rings is 1. The Morgan fingerprint density at radius 3 is 2.74 bits per heavy atom. The average Bonchev–Trinajstić information content (AvgIpc) is 2.89. The topological polar surface area (TPSA) is 111 Å². The molecule has 10 heteroatoms. The first-order valence-electron chi connectivity index (χ1n) is 11.9. The van der Waals surface area contributed by atoms with Gasteiger partial charge in [-0.3, -0.25) is 9.78 Å². The van der Waals surface area contributed by atoms with Gasteiger partial charge in [0.1, 0.15) is 30.0 Å². The van der Waals surface area contributed by atoms with Gasteiger partial charge in [0, 0.05) is 41.5 Å². The van der Waals surface area contributed by atoms with Crippen LogP contribution in [0.15, 0.2) is 72.9 Å². The van der Waals surface area contributed by atoms with Crippen molar-refractivity contribution in [3.63, 3.8) is 0 Å². The molecule has 1 heterocycles. The minimum absolute atomic E-state index is 0.00899. The van der Waals surface area contributed by atoms with E-state index in [2.05, 4.69) is 21.7 Å². The van der Waals surface area contributed by atoms with Crippen molar-refractivity contribution in [3.8, 4) is 17.6 Å². The molecule has 3 aromatic carbocycles. The van der Waals surface area contributed by atoms with Gasteiger partial charge in [0.2, 0.25) is 5.91 Å². The molecule has 4 aromatic rings. The van der Waals surface area contributed by atoms with Gasteiger partial charge in [0.05, 0.1) is 27.5 Å². The normalized spacial score (nSPS) is 11.1. The van der Waals surface area contributed by atoms with Crippen molar-refractivity contribution in [2.75, 3.05) is 31.3 Å². The number of nitrogens with zero attached hydrogens (tertiary/aromatic N) is 3. The molecule has 0 saturated carbocycles. The quantitative estimate of drug-likeness (QED) is 0.175. The van der Waals surface area contributed by atoms with E-state index in [1.807, 2.05) is 19.0 Å². The number of benzene rings is 3. The average molecular weight is 546 g/mol. The van der Waals surface area contributed by atoms with Gasteiger partial charge < -0.3 is 25.4 Å². The molecular weight excluding hydrogens is 521 g/mol. The van der Waals surface area contributed by atoms with E-state index in [-0.39, 0.29) is 34.4 Å². The molecule has 39 heavy (non-hydrogen) atoms. The fourth-order valence-corrected chi connectivity index (χ4v) is 3.94. The summed E-state index contributed by atoms with van der Waals surface area (Å²) in [5.74, 6) is -0.586. The molecule has 0 spiro atoms. The van der Waals surface area contributed by atoms with E-state index >= 15 is 0 Å². The van der Waals surface area contributed by atoms with Crippen molar-refractivity contribution >= 4 is 45.5 Å². The third-order valence-corrected chi connectivity index (χ3v) is 5.94. The van der Waals surface area contributed by atoms with Gasteiger partial charge in [-0.1, -0.05) is 35.9 Å². The summed E-state index contributed by atoms with van der Waals surface area (Å²) >= 11 is 6.43. The molecule has 198 valence electrons. The fourth-order valence-electron chi connectivity index (χ4n) is 3.70. The van der Waals surface area contributed by atoms with E-state index < -0.39 is 5.91 Å². The molecule has 0 aliphatic carbocycles. The number of aromatic nitrogens is 1. The number of hydrogen-bond donors (Lipinski definition) is 3. The van der Waals surface area contributed by atoms with Crippen molar-refractivity contribution in [2.45, 2.75) is 6.61 Å². The number of fused-ring (bicyclic) bond motifs is 1. The van der Waals surface area contributed by atoms with E-state index in [4.69, 9.17) is 16.3 Å². The predicted molar refractivity (Wildman–Crippen MR) is 150 cm³/mol. The Morgan fingerprint density at radius 2 is 2.03 bits per heavy atom. The molecule has 0 atom stereocenters. The number of anilines is 3. The van der Waals surface area contributed by atoms with Gasteiger partial charge in [-0.15, -0.1) is 0 Å². The van der Waals surface area contributed by atoms with Crippen LogP contribution >= 0.6 is 11.6 Å². The number of likely N-dealkylation sites (N-methyl/N-ethyl adjacent to an activating group) is 1. The first-order chi connectivity index (χ1) is 18.7. The second-order valence-electron chi connectivity index (χ2n) is 8.85. The predicted octanol–water partition coefficient (Wildman–Crippen LogP) is 5.98. The Labute approximate surface area is 229 Å². The maximum absolute atomic E-state index is 13.9. The molecule has 1 aromatic heterocycles. The molecule has 8 nitrogen and oxygen atoms in total. The van der Waals surface area contributed by atoms with Gasteiger partial charge in [-0.05, 0) is 44.4 Å². The number of ether oxygens (including phenoxy) is 1. The third-order valence-electron chi connectivity index (χ3n) is 5.65. The SMILES string of the molecule is CN(C)C/C=C/C(=O)Nc1cc2c(Nc3ccc(OCc4ccccc4F)c(Cl)c3)c(C#N)cnc2cc1O. The Morgan fingerprint density at radius 1 is 1.23 bits per heavy atom. The minimum Gasteiger partial charge on any atom is -0.506 e. The lowest BCUT2D eigenvalue weighted by molar-refractivity contribution is -0.111. The van der Waals surface area contributed by atoms with Crippen molar-refractivity contribution in [2.24, 2.45) is 0 Å². The van der Waals surface area contributed by atoms with Crippen LogP contribution in [0.25, 0.3) is 10.9 Å². The number of hydrogen-bond acceptors (Lipinski definition) is 7. The number of nitrogens with one attached hydrogen (secondary N) is 2. The highest BCUT2D eigenvalue weighted by atomic mass is 35.5. The highest BCUT2D eigenvalue weighted by Crippen LogP contribution is 2.37. The molecule has 4 rings (SSSR count). The zero-order valence-corrected chi connectivity index (χ0v) is 22.0. The van der Waals surface area contributed by atoms with Gasteiger partial charge in [-0.25, -0.2) is 4.39 Å². The van der Waals surface area contributed by atoms with Crippen LogP contribution in [-0.2, 0) is 11.4 Å². The van der Waals surface area contributed by atoms with E-state index in [9.17, 15) is 19.6 Å². The summed E-state index contributed by atoms with van der Waals surface area (Å²) in [6.07, 6.45) is 4.47. The third kappa shape index (κ3) is 6.82. The molecule has 0 saturated heterocycles. The summed E-state index contributed by atoms with van der Waals surface area (Å²) in [7, 11) is 3.76. The largest absolute Gasteiger partial charge is 0.506 e. The summed E-state index contributed by atoms with van der Waals surface area (Å²) in [4.78, 5) is 18.5. The van der Waals surface area contributed by atoms with E-state index in [0.717, 1.165) is 0 Å². The van der Waals surface area contributed by atoms with Crippen LogP contribution in [-0.4, -0.2) is 41.5 Å². The Kier molecular flexibility index (Phi) is 8.61. The van der Waals surface area contributed by atoms with Crippen molar-refractivity contribution in [3.05, 3.63) is 94.9 Å². The number of aromatic hydroxyl groups is 1. The number of phenols is 1. The number of phenolic OH excluding ortho intramolecular Hbond substituents is 1. The number of rotatable bonds is 9. The van der Waals surface area contributed by atoms with Gasteiger partial charge in [-0.2, -0.15) is 5.26 Å². The highest BCUT2D eigenvalue weighted by molar-refractivity contribution is 6.32.